The summed E-state index contributed by atoms with van der Waals surface area (Å²) >= 11 is 0. The summed E-state index contributed by atoms with van der Waals surface area (Å²) < 4.78 is 0. The Morgan fingerprint density at radius 1 is 0.146 bits per heavy atom. The van der Waals surface area contributed by atoms with Crippen molar-refractivity contribution in [1.82, 2.24) is 0 Å². The molecule has 0 aromatic heterocycles. The SMILES string of the molecule is CCCCCCCCCC.CCCCCCCCCC.CCCCCCCCCC.CCCCCCCCCC.[KH]. The predicted octanol–water partition coefficient (Wildman–Crippen LogP) is 15.9. The number of hydrogen-bond acceptors (Lipinski definition) is 0. The topological polar surface area (TPSA) is 0 Å². The van der Waals surface area contributed by atoms with E-state index in [9.17, 15) is 0 Å². The molecule has 0 aromatic carbocycles. The molecule has 0 saturated heterocycles. The molecule has 250 valence electrons. The molecule has 0 atom stereocenters. The van der Waals surface area contributed by atoms with Crippen LogP contribution in [0.25, 0.3) is 0 Å². The zero-order chi connectivity index (χ0) is 30.6. The van der Waals surface area contributed by atoms with E-state index in [2.05, 4.69) is 55.4 Å². The van der Waals surface area contributed by atoms with E-state index in [1.165, 1.54) is 205 Å². The van der Waals surface area contributed by atoms with Gasteiger partial charge < -0.3 is 0 Å². The van der Waals surface area contributed by atoms with Gasteiger partial charge in [0.2, 0.25) is 0 Å². The Morgan fingerprint density at radius 3 is 0.293 bits per heavy atom. The Morgan fingerprint density at radius 2 is 0.220 bits per heavy atom. The monoisotopic (exact) mass is 609 g/mol. The third-order valence-corrected chi connectivity index (χ3v) is 7.83. The van der Waals surface area contributed by atoms with Crippen molar-refractivity contribution >= 4 is 51.4 Å². The van der Waals surface area contributed by atoms with Crippen LogP contribution >= 0.6 is 0 Å². The van der Waals surface area contributed by atoms with E-state index in [1.807, 2.05) is 0 Å². The summed E-state index contributed by atoms with van der Waals surface area (Å²) in [4.78, 5) is 0. The molecule has 0 aromatic rings. The van der Waals surface area contributed by atoms with Gasteiger partial charge in [0.1, 0.15) is 0 Å². The van der Waals surface area contributed by atoms with Crippen LogP contribution in [0.15, 0.2) is 0 Å². The van der Waals surface area contributed by atoms with Crippen LogP contribution < -0.4 is 0 Å². The van der Waals surface area contributed by atoms with Gasteiger partial charge in [0, 0.05) is 0 Å². The second-order valence-corrected chi connectivity index (χ2v) is 12.5. The fraction of sp³-hybridized carbons (Fsp3) is 1.00. The van der Waals surface area contributed by atoms with E-state index < -0.39 is 0 Å². The van der Waals surface area contributed by atoms with Crippen molar-refractivity contribution in [3.63, 3.8) is 0 Å². The van der Waals surface area contributed by atoms with Gasteiger partial charge in [-0.25, -0.2) is 0 Å². The Hall–Kier alpha value is 1.64. The maximum atomic E-state index is 2.27. The van der Waals surface area contributed by atoms with Crippen LogP contribution in [0.3, 0.4) is 0 Å². The molecule has 0 aliphatic carbocycles. The molecule has 0 N–H and O–H groups in total. The quantitative estimate of drug-likeness (QED) is 0.0612. The third kappa shape index (κ3) is 74.5. The molecule has 0 nitrogen and oxygen atoms in total. The summed E-state index contributed by atoms with van der Waals surface area (Å²) in [6, 6.07) is 0. The first-order valence-corrected chi connectivity index (χ1v) is 19.7. The molecule has 1 heteroatoms. The molecule has 0 saturated carbocycles. The fourth-order valence-electron chi connectivity index (χ4n) is 4.83. The first kappa shape index (κ1) is 52.2. The van der Waals surface area contributed by atoms with Crippen molar-refractivity contribution in [3.8, 4) is 0 Å². The van der Waals surface area contributed by atoms with E-state index in [1.54, 1.807) is 0 Å². The summed E-state index contributed by atoms with van der Waals surface area (Å²) in [5.41, 5.74) is 0. The van der Waals surface area contributed by atoms with Gasteiger partial charge in [0.25, 0.3) is 0 Å². The van der Waals surface area contributed by atoms with Crippen LogP contribution in [0.1, 0.15) is 261 Å². The van der Waals surface area contributed by atoms with Crippen LogP contribution in [-0.2, 0) is 0 Å². The molecule has 0 amide bonds. The van der Waals surface area contributed by atoms with E-state index >= 15 is 0 Å². The Kier molecular flexibility index (Phi) is 77.3. The van der Waals surface area contributed by atoms with Gasteiger partial charge >= 0.3 is 51.4 Å². The molecule has 0 radical (unpaired) electrons. The molecule has 0 heterocycles. The molecular formula is C40H89K. The summed E-state index contributed by atoms with van der Waals surface area (Å²) in [5, 5.41) is 0. The van der Waals surface area contributed by atoms with Crippen molar-refractivity contribution in [3.05, 3.63) is 0 Å². The van der Waals surface area contributed by atoms with Gasteiger partial charge in [-0.05, 0) is 0 Å². The van der Waals surface area contributed by atoms with Gasteiger partial charge in [0.15, 0.2) is 0 Å². The first-order chi connectivity index (χ1) is 19.7. The first-order valence-electron chi connectivity index (χ1n) is 19.7. The number of rotatable bonds is 28. The average Bonchev–Trinajstić information content (AvgIpc) is 2.97. The second-order valence-electron chi connectivity index (χ2n) is 12.5. The van der Waals surface area contributed by atoms with E-state index in [4.69, 9.17) is 0 Å². The molecule has 0 aliphatic rings. The fourth-order valence-corrected chi connectivity index (χ4v) is 4.83. The van der Waals surface area contributed by atoms with Gasteiger partial charge in [-0.2, -0.15) is 0 Å². The maximum absolute atomic E-state index is 2.27. The molecular weight excluding hydrogens is 520 g/mol. The number of unbranched alkanes of at least 4 members (excludes halogenated alkanes) is 28. The van der Waals surface area contributed by atoms with Crippen LogP contribution in [0.4, 0.5) is 0 Å². The van der Waals surface area contributed by atoms with Crippen molar-refractivity contribution < 1.29 is 0 Å². The Bertz CT molecular complexity index is 231. The minimum atomic E-state index is 0. The summed E-state index contributed by atoms with van der Waals surface area (Å²) in [7, 11) is 0. The zero-order valence-corrected chi connectivity index (χ0v) is 30.6. The van der Waals surface area contributed by atoms with Crippen molar-refractivity contribution in [2.45, 2.75) is 261 Å². The minimum absolute atomic E-state index is 0. The normalized spacial score (nSPS) is 9.95. The van der Waals surface area contributed by atoms with Crippen molar-refractivity contribution in [2.24, 2.45) is 0 Å². The molecule has 0 spiro atoms. The average molecular weight is 609 g/mol. The molecule has 0 aliphatic heterocycles. The Labute approximate surface area is 309 Å². The molecule has 0 rings (SSSR count). The molecule has 0 bridgehead atoms. The zero-order valence-electron chi connectivity index (χ0n) is 30.6. The van der Waals surface area contributed by atoms with Crippen LogP contribution in [0.2, 0.25) is 0 Å². The van der Waals surface area contributed by atoms with Gasteiger partial charge in [-0.15, -0.1) is 0 Å². The molecule has 0 unspecified atom stereocenters. The molecule has 0 fully saturated rings. The van der Waals surface area contributed by atoms with E-state index in [-0.39, 0.29) is 51.4 Å². The Balaban J connectivity index is -0.000000139. The summed E-state index contributed by atoms with van der Waals surface area (Å²) in [6.45, 7) is 18.2. The predicted molar refractivity (Wildman–Crippen MR) is 200 cm³/mol. The van der Waals surface area contributed by atoms with Crippen molar-refractivity contribution in [2.75, 3.05) is 0 Å². The molecule has 41 heavy (non-hydrogen) atoms. The van der Waals surface area contributed by atoms with E-state index in [0.717, 1.165) is 0 Å². The van der Waals surface area contributed by atoms with Gasteiger partial charge in [-0.3, -0.25) is 0 Å². The van der Waals surface area contributed by atoms with Crippen LogP contribution in [0, 0.1) is 0 Å². The summed E-state index contributed by atoms with van der Waals surface area (Å²) in [5.74, 6) is 0. The van der Waals surface area contributed by atoms with Gasteiger partial charge in [-0.1, -0.05) is 261 Å². The van der Waals surface area contributed by atoms with E-state index in [0.29, 0.717) is 0 Å². The number of hydrogen-bond donors (Lipinski definition) is 0. The van der Waals surface area contributed by atoms with Gasteiger partial charge in [0.05, 0.1) is 0 Å². The van der Waals surface area contributed by atoms with Crippen molar-refractivity contribution in [1.29, 1.82) is 0 Å². The standard InChI is InChI=1S/4C10H22.K.H/c4*1-3-5-7-9-10-8-6-4-2;;/h4*3-10H2,1-2H3;;. The third-order valence-electron chi connectivity index (χ3n) is 7.83. The summed E-state index contributed by atoms with van der Waals surface area (Å²) in [6.07, 6.45) is 45.8. The van der Waals surface area contributed by atoms with Crippen LogP contribution in [-0.4, -0.2) is 51.4 Å². The van der Waals surface area contributed by atoms with Crippen LogP contribution in [0.5, 0.6) is 0 Å². The second kappa shape index (κ2) is 60.8.